The van der Waals surface area contributed by atoms with Crippen LogP contribution in [0.2, 0.25) is 0 Å². The lowest BCUT2D eigenvalue weighted by Gasteiger charge is -2.11. The fourth-order valence-electron chi connectivity index (χ4n) is 0.963. The molecule has 0 amide bonds. The van der Waals surface area contributed by atoms with Crippen molar-refractivity contribution in [3.63, 3.8) is 0 Å². The molecule has 1 aromatic rings. The Hall–Kier alpha value is -1.78. The van der Waals surface area contributed by atoms with Crippen LogP contribution >= 0.6 is 0 Å². The van der Waals surface area contributed by atoms with E-state index in [-0.39, 0.29) is 28.6 Å². The summed E-state index contributed by atoms with van der Waals surface area (Å²) >= 11 is 0. The molecule has 6 N–H and O–H groups in total. The topological polar surface area (TPSA) is 102 Å². The number of anilines is 2. The molecule has 0 atom stereocenters. The van der Waals surface area contributed by atoms with Crippen LogP contribution in [0.5, 0.6) is 17.2 Å². The fourth-order valence-corrected chi connectivity index (χ4v) is 0.963. The molecule has 5 nitrogen and oxygen atoms in total. The summed E-state index contributed by atoms with van der Waals surface area (Å²) in [5, 5.41) is 18.4. The highest BCUT2D eigenvalue weighted by atomic mass is 16.5. The maximum Gasteiger partial charge on any atom is 0.172 e. The number of ether oxygens (including phenoxy) is 1. The first-order chi connectivity index (χ1) is 6.07. The zero-order valence-electron chi connectivity index (χ0n) is 7.24. The van der Waals surface area contributed by atoms with Gasteiger partial charge >= 0.3 is 0 Å². The third kappa shape index (κ3) is 1.53. The summed E-state index contributed by atoms with van der Waals surface area (Å²) in [5.74, 6) is -0.356. The van der Waals surface area contributed by atoms with Gasteiger partial charge in [-0.1, -0.05) is 0 Å². The van der Waals surface area contributed by atoms with Crippen LogP contribution in [0.1, 0.15) is 6.92 Å². The van der Waals surface area contributed by atoms with E-state index in [0.29, 0.717) is 6.61 Å². The molecule has 1 aromatic carbocycles. The zero-order chi connectivity index (χ0) is 10.0. The monoisotopic (exact) mass is 184 g/mol. The molecular formula is C8H12N2O3. The van der Waals surface area contributed by atoms with Crippen molar-refractivity contribution >= 4 is 11.4 Å². The van der Waals surface area contributed by atoms with Crippen LogP contribution in [0.3, 0.4) is 0 Å². The summed E-state index contributed by atoms with van der Waals surface area (Å²) in [7, 11) is 0. The van der Waals surface area contributed by atoms with E-state index in [0.717, 1.165) is 6.07 Å². The molecule has 0 spiro atoms. The molecule has 13 heavy (non-hydrogen) atoms. The largest absolute Gasteiger partial charge is 0.505 e. The molecule has 1 rings (SSSR count). The minimum atomic E-state index is -0.241. The summed E-state index contributed by atoms with van der Waals surface area (Å²) in [6.45, 7) is 2.11. The van der Waals surface area contributed by atoms with E-state index in [4.69, 9.17) is 16.2 Å². The Morgan fingerprint density at radius 2 is 1.69 bits per heavy atom. The molecule has 0 aromatic heterocycles. The van der Waals surface area contributed by atoms with Crippen molar-refractivity contribution in [1.29, 1.82) is 0 Å². The SMILES string of the molecule is CCOc1c(N)c(O)cc(O)c1N. The van der Waals surface area contributed by atoms with Crippen molar-refractivity contribution in [2.75, 3.05) is 18.1 Å². The minimum Gasteiger partial charge on any atom is -0.505 e. The summed E-state index contributed by atoms with van der Waals surface area (Å²) in [4.78, 5) is 0. The van der Waals surface area contributed by atoms with Crippen molar-refractivity contribution in [2.24, 2.45) is 0 Å². The van der Waals surface area contributed by atoms with Gasteiger partial charge in [-0.15, -0.1) is 0 Å². The molecule has 0 fully saturated rings. The van der Waals surface area contributed by atoms with Gasteiger partial charge in [0.25, 0.3) is 0 Å². The number of hydrogen-bond acceptors (Lipinski definition) is 5. The lowest BCUT2D eigenvalue weighted by Crippen LogP contribution is -2.01. The molecule has 0 saturated carbocycles. The number of aromatic hydroxyl groups is 2. The lowest BCUT2D eigenvalue weighted by molar-refractivity contribution is 0.339. The normalized spacial score (nSPS) is 9.92. The Bertz CT molecular complexity index is 299. The maximum atomic E-state index is 9.21. The number of hydrogen-bond donors (Lipinski definition) is 4. The summed E-state index contributed by atoms with van der Waals surface area (Å²) in [5.41, 5.74) is 11.0. The van der Waals surface area contributed by atoms with E-state index in [2.05, 4.69) is 0 Å². The molecule has 0 radical (unpaired) electrons. The van der Waals surface area contributed by atoms with Crippen molar-refractivity contribution < 1.29 is 14.9 Å². The fraction of sp³-hybridized carbons (Fsp3) is 0.250. The Morgan fingerprint density at radius 1 is 1.23 bits per heavy atom. The van der Waals surface area contributed by atoms with Gasteiger partial charge < -0.3 is 26.4 Å². The quantitative estimate of drug-likeness (QED) is 0.307. The molecule has 0 bridgehead atoms. The van der Waals surface area contributed by atoms with Crippen LogP contribution in [-0.2, 0) is 0 Å². The molecule has 0 aliphatic heterocycles. The van der Waals surface area contributed by atoms with Gasteiger partial charge in [0.2, 0.25) is 0 Å². The summed E-state index contributed by atoms with van der Waals surface area (Å²) in [6, 6.07) is 1.08. The average molecular weight is 184 g/mol. The number of benzene rings is 1. The molecule has 0 aliphatic carbocycles. The Balaban J connectivity index is 3.28. The molecule has 0 unspecified atom stereocenters. The lowest BCUT2D eigenvalue weighted by atomic mass is 10.2. The van der Waals surface area contributed by atoms with Crippen LogP contribution < -0.4 is 16.2 Å². The van der Waals surface area contributed by atoms with Crippen LogP contribution in [0.25, 0.3) is 0 Å². The third-order valence-electron chi connectivity index (χ3n) is 1.60. The Labute approximate surface area is 75.5 Å². The average Bonchev–Trinajstić information content (AvgIpc) is 2.09. The number of phenolic OH excluding ortho intramolecular Hbond substituents is 2. The van der Waals surface area contributed by atoms with E-state index in [1.54, 1.807) is 6.92 Å². The van der Waals surface area contributed by atoms with Crippen molar-refractivity contribution in [3.8, 4) is 17.2 Å². The Kier molecular flexibility index (Phi) is 2.36. The second kappa shape index (κ2) is 3.30. The second-order valence-electron chi connectivity index (χ2n) is 2.50. The van der Waals surface area contributed by atoms with Crippen LogP contribution in [0.15, 0.2) is 6.07 Å². The third-order valence-corrected chi connectivity index (χ3v) is 1.60. The van der Waals surface area contributed by atoms with E-state index < -0.39 is 0 Å². The van der Waals surface area contributed by atoms with Gasteiger partial charge in [-0.05, 0) is 6.92 Å². The van der Waals surface area contributed by atoms with Gasteiger partial charge in [0.1, 0.15) is 22.9 Å². The molecule has 0 saturated heterocycles. The highest BCUT2D eigenvalue weighted by molar-refractivity contribution is 5.78. The predicted molar refractivity (Wildman–Crippen MR) is 49.8 cm³/mol. The van der Waals surface area contributed by atoms with Gasteiger partial charge in [-0.3, -0.25) is 0 Å². The summed E-state index contributed by atoms with van der Waals surface area (Å²) in [6.07, 6.45) is 0. The molecular weight excluding hydrogens is 172 g/mol. The van der Waals surface area contributed by atoms with Gasteiger partial charge in [0.05, 0.1) is 6.61 Å². The Morgan fingerprint density at radius 3 is 2.08 bits per heavy atom. The second-order valence-corrected chi connectivity index (χ2v) is 2.50. The van der Waals surface area contributed by atoms with Crippen molar-refractivity contribution in [2.45, 2.75) is 6.92 Å². The molecule has 72 valence electrons. The van der Waals surface area contributed by atoms with E-state index in [1.165, 1.54) is 0 Å². The first-order valence-corrected chi connectivity index (χ1v) is 3.80. The van der Waals surface area contributed by atoms with Gasteiger partial charge in [-0.2, -0.15) is 0 Å². The van der Waals surface area contributed by atoms with Crippen LogP contribution in [0.4, 0.5) is 11.4 Å². The first kappa shape index (κ1) is 9.31. The van der Waals surface area contributed by atoms with E-state index in [1.807, 2.05) is 0 Å². The first-order valence-electron chi connectivity index (χ1n) is 3.80. The van der Waals surface area contributed by atoms with Crippen molar-refractivity contribution in [1.82, 2.24) is 0 Å². The zero-order valence-corrected chi connectivity index (χ0v) is 7.24. The molecule has 0 aliphatic rings. The smallest absolute Gasteiger partial charge is 0.172 e. The molecule has 5 heteroatoms. The van der Waals surface area contributed by atoms with Gasteiger partial charge in [0, 0.05) is 6.07 Å². The van der Waals surface area contributed by atoms with Gasteiger partial charge in [0.15, 0.2) is 5.75 Å². The minimum absolute atomic E-state index is 0.0390. The highest BCUT2D eigenvalue weighted by Gasteiger charge is 2.13. The van der Waals surface area contributed by atoms with E-state index >= 15 is 0 Å². The van der Waals surface area contributed by atoms with Crippen LogP contribution in [-0.4, -0.2) is 16.8 Å². The van der Waals surface area contributed by atoms with Crippen molar-refractivity contribution in [3.05, 3.63) is 6.07 Å². The van der Waals surface area contributed by atoms with Crippen LogP contribution in [0, 0.1) is 0 Å². The number of nitrogens with two attached hydrogens (primary N) is 2. The molecule has 0 heterocycles. The van der Waals surface area contributed by atoms with Gasteiger partial charge in [-0.25, -0.2) is 0 Å². The summed E-state index contributed by atoms with van der Waals surface area (Å²) < 4.78 is 5.06. The highest BCUT2D eigenvalue weighted by Crippen LogP contribution is 2.42. The predicted octanol–water partition coefficient (Wildman–Crippen LogP) is 0.661. The number of rotatable bonds is 2. The maximum absolute atomic E-state index is 9.21. The standard InChI is InChI=1S/C8H12N2O3/c1-2-13-8-6(9)4(11)3-5(12)7(8)10/h3,11-12H,2,9-10H2,1H3. The van der Waals surface area contributed by atoms with E-state index in [9.17, 15) is 10.2 Å². The number of phenols is 2. The number of nitrogen functional groups attached to an aromatic ring is 2.